The van der Waals surface area contributed by atoms with Gasteiger partial charge in [-0.15, -0.1) is 0 Å². The number of aromatic nitrogens is 7. The molecule has 0 aliphatic carbocycles. The molecular weight excluding hydrogens is 398 g/mol. The van der Waals surface area contributed by atoms with E-state index in [0.29, 0.717) is 39.4 Å². The fourth-order valence-electron chi connectivity index (χ4n) is 3.35. The van der Waals surface area contributed by atoms with Gasteiger partial charge >= 0.3 is 0 Å². The van der Waals surface area contributed by atoms with Gasteiger partial charge in [0.15, 0.2) is 17.3 Å². The van der Waals surface area contributed by atoms with E-state index in [1.165, 1.54) is 29.6 Å². The number of H-pyrrole nitrogens is 2. The molecule has 0 spiro atoms. The Kier molecular flexibility index (Phi) is 4.40. The number of hydrogen-bond donors (Lipinski definition) is 4. The smallest absolute Gasteiger partial charge is 0.280 e. The maximum atomic E-state index is 13.3. The topological polar surface area (TPSA) is 146 Å². The van der Waals surface area contributed by atoms with Crippen LogP contribution in [0.3, 0.4) is 0 Å². The number of benzene rings is 1. The third-order valence-electron chi connectivity index (χ3n) is 4.84. The Morgan fingerprint density at radius 2 is 1.97 bits per heavy atom. The highest BCUT2D eigenvalue weighted by atomic mass is 16.1. The average Bonchev–Trinajstić information content (AvgIpc) is 3.25. The molecule has 5 aromatic rings. The van der Waals surface area contributed by atoms with Crippen molar-refractivity contribution in [2.45, 2.75) is 13.5 Å². The molecule has 31 heavy (non-hydrogen) atoms. The number of aromatic amines is 2. The van der Waals surface area contributed by atoms with Gasteiger partial charge < -0.3 is 15.3 Å². The van der Waals surface area contributed by atoms with Crippen LogP contribution in [0.1, 0.15) is 11.4 Å². The van der Waals surface area contributed by atoms with Gasteiger partial charge in [-0.1, -0.05) is 12.1 Å². The van der Waals surface area contributed by atoms with Crippen LogP contribution in [0, 0.1) is 6.92 Å². The summed E-state index contributed by atoms with van der Waals surface area (Å²) in [4.78, 5) is 47.5. The minimum atomic E-state index is -0.250. The lowest BCUT2D eigenvalue weighted by Crippen LogP contribution is -2.32. The normalized spacial score (nSPS) is 11.1. The molecule has 11 nitrogen and oxygen atoms in total. The van der Waals surface area contributed by atoms with Crippen LogP contribution in [0.15, 0.2) is 58.8 Å². The van der Waals surface area contributed by atoms with Gasteiger partial charge in [0.2, 0.25) is 5.56 Å². The van der Waals surface area contributed by atoms with Crippen molar-refractivity contribution in [2.24, 2.45) is 0 Å². The Morgan fingerprint density at radius 1 is 1.06 bits per heavy atom. The SMILES string of the molecule is Cc1cccc2nc(CNc3ncnc4nc[nH]c34)n(Nc3ccc(=O)[nH]c3)c(=O)c12. The number of imidazole rings is 1. The highest BCUT2D eigenvalue weighted by molar-refractivity contribution is 5.82. The predicted molar refractivity (Wildman–Crippen MR) is 116 cm³/mol. The molecule has 0 aliphatic heterocycles. The van der Waals surface area contributed by atoms with Gasteiger partial charge in [0.1, 0.15) is 11.8 Å². The summed E-state index contributed by atoms with van der Waals surface area (Å²) in [7, 11) is 0. The van der Waals surface area contributed by atoms with Crippen LogP contribution in [0.2, 0.25) is 0 Å². The minimum absolute atomic E-state index is 0.195. The van der Waals surface area contributed by atoms with Crippen LogP contribution < -0.4 is 21.9 Å². The number of fused-ring (bicyclic) bond motifs is 2. The second kappa shape index (κ2) is 7.37. The molecule has 11 heteroatoms. The van der Waals surface area contributed by atoms with E-state index in [1.54, 1.807) is 12.1 Å². The van der Waals surface area contributed by atoms with Gasteiger partial charge in [-0.3, -0.25) is 15.0 Å². The molecule has 1 aromatic carbocycles. The highest BCUT2D eigenvalue weighted by Crippen LogP contribution is 2.17. The third-order valence-corrected chi connectivity index (χ3v) is 4.84. The van der Waals surface area contributed by atoms with Crippen LogP contribution in [-0.2, 0) is 6.54 Å². The van der Waals surface area contributed by atoms with Crippen molar-refractivity contribution < 1.29 is 0 Å². The summed E-state index contributed by atoms with van der Waals surface area (Å²) >= 11 is 0. The zero-order valence-corrected chi connectivity index (χ0v) is 16.4. The minimum Gasteiger partial charge on any atom is -0.361 e. The summed E-state index contributed by atoms with van der Waals surface area (Å²) in [6, 6.07) is 8.49. The highest BCUT2D eigenvalue weighted by Gasteiger charge is 2.14. The molecule has 0 atom stereocenters. The molecule has 154 valence electrons. The van der Waals surface area contributed by atoms with E-state index in [9.17, 15) is 9.59 Å². The lowest BCUT2D eigenvalue weighted by Gasteiger charge is -2.16. The fourth-order valence-corrected chi connectivity index (χ4v) is 3.35. The van der Waals surface area contributed by atoms with Crippen molar-refractivity contribution in [3.63, 3.8) is 0 Å². The first-order chi connectivity index (χ1) is 15.1. The van der Waals surface area contributed by atoms with Crippen LogP contribution in [-0.4, -0.2) is 34.6 Å². The summed E-state index contributed by atoms with van der Waals surface area (Å²) in [5.41, 5.74) is 5.69. The quantitative estimate of drug-likeness (QED) is 0.338. The van der Waals surface area contributed by atoms with E-state index >= 15 is 0 Å². The van der Waals surface area contributed by atoms with E-state index in [2.05, 4.69) is 35.7 Å². The molecule has 0 unspecified atom stereocenters. The van der Waals surface area contributed by atoms with Crippen molar-refractivity contribution in [1.82, 2.24) is 34.6 Å². The van der Waals surface area contributed by atoms with Gasteiger partial charge in [-0.05, 0) is 24.6 Å². The van der Waals surface area contributed by atoms with Crippen LogP contribution >= 0.6 is 0 Å². The van der Waals surface area contributed by atoms with Crippen molar-refractivity contribution in [1.29, 1.82) is 0 Å². The first-order valence-electron chi connectivity index (χ1n) is 9.45. The van der Waals surface area contributed by atoms with Crippen molar-refractivity contribution >= 4 is 33.6 Å². The molecule has 0 amide bonds. The van der Waals surface area contributed by atoms with E-state index in [4.69, 9.17) is 4.98 Å². The van der Waals surface area contributed by atoms with Gasteiger partial charge in [0.25, 0.3) is 5.56 Å². The molecule has 4 N–H and O–H groups in total. The average molecular weight is 415 g/mol. The molecule has 0 saturated carbocycles. The summed E-state index contributed by atoms with van der Waals surface area (Å²) < 4.78 is 1.36. The Balaban J connectivity index is 1.59. The molecule has 0 radical (unpaired) electrons. The van der Waals surface area contributed by atoms with Crippen LogP contribution in [0.4, 0.5) is 11.5 Å². The number of hydrogen-bond acceptors (Lipinski definition) is 8. The maximum absolute atomic E-state index is 13.3. The number of nitrogens with one attached hydrogen (secondary N) is 4. The molecule has 0 aliphatic rings. The lowest BCUT2D eigenvalue weighted by atomic mass is 10.1. The van der Waals surface area contributed by atoms with E-state index < -0.39 is 0 Å². The fraction of sp³-hybridized carbons (Fsp3) is 0.100. The van der Waals surface area contributed by atoms with Gasteiger partial charge in [0, 0.05) is 12.3 Å². The first kappa shape index (κ1) is 18.5. The van der Waals surface area contributed by atoms with Crippen LogP contribution in [0.25, 0.3) is 22.1 Å². The molecule has 5 rings (SSSR count). The predicted octanol–water partition coefficient (Wildman–Crippen LogP) is 1.55. The number of aryl methyl sites for hydroxylation is 1. The molecule has 4 heterocycles. The van der Waals surface area contributed by atoms with E-state index in [-0.39, 0.29) is 17.7 Å². The summed E-state index contributed by atoms with van der Waals surface area (Å²) in [6.45, 7) is 2.06. The molecule has 0 bridgehead atoms. The second-order valence-corrected chi connectivity index (χ2v) is 6.87. The Labute approximate surface area is 174 Å². The van der Waals surface area contributed by atoms with Crippen LogP contribution in [0.5, 0.6) is 0 Å². The number of nitrogens with zero attached hydrogens (tertiary/aromatic N) is 5. The Hall–Kier alpha value is -4.54. The van der Waals surface area contributed by atoms with E-state index in [0.717, 1.165) is 5.56 Å². The molecule has 0 fully saturated rings. The van der Waals surface area contributed by atoms with Crippen molar-refractivity contribution in [2.75, 3.05) is 10.7 Å². The van der Waals surface area contributed by atoms with Gasteiger partial charge in [-0.25, -0.2) is 24.6 Å². The lowest BCUT2D eigenvalue weighted by molar-refractivity contribution is 0.781. The zero-order valence-electron chi connectivity index (χ0n) is 16.4. The first-order valence-corrected chi connectivity index (χ1v) is 9.45. The second-order valence-electron chi connectivity index (χ2n) is 6.87. The number of anilines is 2. The monoisotopic (exact) mass is 415 g/mol. The summed E-state index contributed by atoms with van der Waals surface area (Å²) in [6.07, 6.45) is 4.44. The molecule has 4 aromatic heterocycles. The summed E-state index contributed by atoms with van der Waals surface area (Å²) in [5, 5.41) is 3.70. The number of pyridine rings is 1. The standard InChI is InChI=1S/C20H17N9O2/c1-11-3-2-4-13-16(11)20(31)29(28-12-5-6-15(30)21-7-12)14(27-13)8-22-18-17-19(24-9-23-17)26-10-25-18/h2-7,9-10,28H,8H2,1H3,(H,21,30)(H2,22,23,24,25,26). The summed E-state index contributed by atoms with van der Waals surface area (Å²) in [5.74, 6) is 0.970. The van der Waals surface area contributed by atoms with E-state index in [1.807, 2.05) is 19.1 Å². The van der Waals surface area contributed by atoms with Gasteiger partial charge in [-0.2, -0.15) is 0 Å². The Bertz CT molecular complexity index is 1510. The maximum Gasteiger partial charge on any atom is 0.280 e. The Morgan fingerprint density at radius 3 is 2.81 bits per heavy atom. The number of rotatable bonds is 5. The zero-order chi connectivity index (χ0) is 21.4. The third kappa shape index (κ3) is 3.37. The largest absolute Gasteiger partial charge is 0.361 e. The molecule has 0 saturated heterocycles. The molecular formula is C20H17N9O2. The van der Waals surface area contributed by atoms with Crippen molar-refractivity contribution in [3.8, 4) is 0 Å². The van der Waals surface area contributed by atoms with Crippen molar-refractivity contribution in [3.05, 3.63) is 81.3 Å². The van der Waals surface area contributed by atoms with Gasteiger partial charge in [0.05, 0.1) is 29.5 Å².